The fourth-order valence-electron chi connectivity index (χ4n) is 3.87. The van der Waals surface area contributed by atoms with Crippen molar-refractivity contribution in [1.82, 2.24) is 20.0 Å². The summed E-state index contributed by atoms with van der Waals surface area (Å²) in [5, 5.41) is 4.05. The number of carbonyl (C=O) groups excluding carboxylic acids is 1. The Bertz CT molecular complexity index is 894. The number of amides is 1. The first-order valence-corrected chi connectivity index (χ1v) is 9.77. The van der Waals surface area contributed by atoms with E-state index in [1.54, 1.807) is 6.07 Å². The summed E-state index contributed by atoms with van der Waals surface area (Å²) in [6.45, 7) is 5.76. The van der Waals surface area contributed by atoms with E-state index in [0.29, 0.717) is 17.6 Å². The topological polar surface area (TPSA) is 75.0 Å². The highest BCUT2D eigenvalue weighted by molar-refractivity contribution is 5.91. The van der Waals surface area contributed by atoms with Crippen molar-refractivity contribution in [3.8, 4) is 0 Å². The van der Waals surface area contributed by atoms with E-state index >= 15 is 0 Å². The highest BCUT2D eigenvalue weighted by atomic mass is 16.5. The molecule has 4 rings (SSSR count). The van der Waals surface area contributed by atoms with Gasteiger partial charge < -0.3 is 14.4 Å². The highest BCUT2D eigenvalue weighted by Crippen LogP contribution is 2.23. The van der Waals surface area contributed by atoms with Gasteiger partial charge in [0.1, 0.15) is 5.82 Å². The van der Waals surface area contributed by atoms with Crippen molar-refractivity contribution < 1.29 is 9.32 Å². The molecule has 1 aliphatic rings. The Labute approximate surface area is 158 Å². The zero-order chi connectivity index (χ0) is 18.8. The second-order valence-corrected chi connectivity index (χ2v) is 7.94. The van der Waals surface area contributed by atoms with Crippen LogP contribution in [0.3, 0.4) is 0 Å². The number of imidazole rings is 1. The third-order valence-electron chi connectivity index (χ3n) is 5.11. The molecule has 0 bridgehead atoms. The van der Waals surface area contributed by atoms with Crippen LogP contribution in [0.5, 0.6) is 0 Å². The van der Waals surface area contributed by atoms with Crippen LogP contribution in [0.2, 0.25) is 0 Å². The predicted molar refractivity (Wildman–Crippen MR) is 103 cm³/mol. The van der Waals surface area contributed by atoms with E-state index in [9.17, 15) is 4.79 Å². The molecule has 0 unspecified atom stereocenters. The number of hydrogen-bond donors (Lipinski definition) is 1. The Morgan fingerprint density at radius 1 is 1.37 bits per heavy atom. The van der Waals surface area contributed by atoms with Gasteiger partial charge in [0.05, 0.1) is 16.7 Å². The lowest BCUT2D eigenvalue weighted by Crippen LogP contribution is -2.40. The number of para-hydroxylation sites is 2. The van der Waals surface area contributed by atoms with Crippen molar-refractivity contribution in [2.24, 2.45) is 11.8 Å². The Morgan fingerprint density at radius 3 is 3.04 bits per heavy atom. The quantitative estimate of drug-likeness (QED) is 0.744. The lowest BCUT2D eigenvalue weighted by atomic mass is 9.94. The third kappa shape index (κ3) is 4.04. The second-order valence-electron chi connectivity index (χ2n) is 7.94. The van der Waals surface area contributed by atoms with Gasteiger partial charge in [-0.15, -0.1) is 0 Å². The molecule has 0 radical (unpaired) electrons. The summed E-state index contributed by atoms with van der Waals surface area (Å²) in [5.41, 5.74) is 2.91. The number of aromatic amines is 1. The van der Waals surface area contributed by atoms with Crippen molar-refractivity contribution in [2.75, 3.05) is 13.1 Å². The molecule has 2 aromatic heterocycles. The number of carbonyl (C=O) groups is 1. The molecule has 3 heterocycles. The van der Waals surface area contributed by atoms with E-state index in [2.05, 4.69) is 29.0 Å². The van der Waals surface area contributed by atoms with E-state index in [4.69, 9.17) is 4.52 Å². The van der Waals surface area contributed by atoms with E-state index < -0.39 is 0 Å². The number of piperidine rings is 1. The molecular weight excluding hydrogens is 340 g/mol. The summed E-state index contributed by atoms with van der Waals surface area (Å²) in [4.78, 5) is 22.8. The van der Waals surface area contributed by atoms with Gasteiger partial charge in [0.15, 0.2) is 0 Å². The van der Waals surface area contributed by atoms with Crippen molar-refractivity contribution in [2.45, 2.75) is 39.5 Å². The Hall–Kier alpha value is -2.63. The van der Waals surface area contributed by atoms with Crippen LogP contribution in [-0.4, -0.2) is 39.0 Å². The van der Waals surface area contributed by atoms with Gasteiger partial charge in [0, 0.05) is 25.6 Å². The fourth-order valence-corrected chi connectivity index (χ4v) is 3.87. The summed E-state index contributed by atoms with van der Waals surface area (Å²) in [6, 6.07) is 9.87. The minimum atomic E-state index is -0.0492. The molecule has 1 aliphatic heterocycles. The highest BCUT2D eigenvalue weighted by Gasteiger charge is 2.27. The molecule has 1 fully saturated rings. The van der Waals surface area contributed by atoms with Crippen molar-refractivity contribution >= 4 is 16.9 Å². The van der Waals surface area contributed by atoms with Gasteiger partial charge in [0.25, 0.3) is 5.91 Å². The normalized spacial score (nSPS) is 17.7. The van der Waals surface area contributed by atoms with Gasteiger partial charge in [0.2, 0.25) is 5.76 Å². The van der Waals surface area contributed by atoms with Crippen LogP contribution in [0.15, 0.2) is 34.9 Å². The van der Waals surface area contributed by atoms with Gasteiger partial charge >= 0.3 is 0 Å². The molecule has 27 heavy (non-hydrogen) atoms. The Balaban J connectivity index is 1.41. The number of likely N-dealkylation sites (tertiary alicyclic amines) is 1. The van der Waals surface area contributed by atoms with Gasteiger partial charge in [-0.05, 0) is 43.2 Å². The molecule has 1 N–H and O–H groups in total. The molecule has 1 aromatic carbocycles. The maximum atomic E-state index is 12.8. The van der Waals surface area contributed by atoms with Gasteiger partial charge in [-0.2, -0.15) is 0 Å². The minimum Gasteiger partial charge on any atom is -0.351 e. The summed E-state index contributed by atoms with van der Waals surface area (Å²) >= 11 is 0. The van der Waals surface area contributed by atoms with Crippen LogP contribution >= 0.6 is 0 Å². The molecule has 1 saturated heterocycles. The predicted octanol–water partition coefficient (Wildman–Crippen LogP) is 3.84. The van der Waals surface area contributed by atoms with E-state index in [1.165, 1.54) is 0 Å². The number of fused-ring (bicyclic) bond motifs is 1. The standard InChI is InChI=1S/C21H26N4O2/c1-14(2)10-16-12-19(27-24-16)21(26)25-9-5-6-15(13-25)11-20-22-17-7-3-4-8-18(17)23-20/h3-4,7-8,12,14-15H,5-6,9-11,13H2,1-2H3,(H,22,23)/t15-/m1/s1. The van der Waals surface area contributed by atoms with Crippen molar-refractivity contribution in [3.63, 3.8) is 0 Å². The average Bonchev–Trinajstić information content (AvgIpc) is 3.27. The van der Waals surface area contributed by atoms with Crippen LogP contribution in [0.4, 0.5) is 0 Å². The molecule has 6 heteroatoms. The van der Waals surface area contributed by atoms with Gasteiger partial charge in [-0.1, -0.05) is 31.1 Å². The summed E-state index contributed by atoms with van der Waals surface area (Å²) in [6.07, 6.45) is 3.79. The lowest BCUT2D eigenvalue weighted by Gasteiger charge is -2.31. The number of nitrogens with one attached hydrogen (secondary N) is 1. The second kappa shape index (κ2) is 7.55. The zero-order valence-corrected chi connectivity index (χ0v) is 15.9. The molecule has 0 saturated carbocycles. The molecule has 6 nitrogen and oxygen atoms in total. The smallest absolute Gasteiger partial charge is 0.292 e. The van der Waals surface area contributed by atoms with Crippen molar-refractivity contribution in [1.29, 1.82) is 0 Å². The molecule has 1 amide bonds. The van der Waals surface area contributed by atoms with Crippen LogP contribution < -0.4 is 0 Å². The SMILES string of the molecule is CC(C)Cc1cc(C(=O)N2CCC[C@H](Cc3nc4ccccc4[nH]3)C2)on1. The fraction of sp³-hybridized carbons (Fsp3) is 0.476. The molecule has 3 aromatic rings. The number of H-pyrrole nitrogens is 1. The zero-order valence-electron chi connectivity index (χ0n) is 15.9. The first kappa shape index (κ1) is 17.8. The van der Waals surface area contributed by atoms with Gasteiger partial charge in [-0.25, -0.2) is 4.98 Å². The first-order chi connectivity index (χ1) is 13.1. The van der Waals surface area contributed by atoms with Crippen molar-refractivity contribution in [3.05, 3.63) is 47.6 Å². The van der Waals surface area contributed by atoms with Gasteiger partial charge in [-0.3, -0.25) is 4.79 Å². The molecule has 142 valence electrons. The molecule has 0 aliphatic carbocycles. The Morgan fingerprint density at radius 2 is 2.22 bits per heavy atom. The Kier molecular flexibility index (Phi) is 4.97. The summed E-state index contributed by atoms with van der Waals surface area (Å²) < 4.78 is 5.31. The average molecular weight is 366 g/mol. The molecular formula is C21H26N4O2. The van der Waals surface area contributed by atoms with E-state index in [1.807, 2.05) is 29.2 Å². The number of hydrogen-bond acceptors (Lipinski definition) is 4. The third-order valence-corrected chi connectivity index (χ3v) is 5.11. The molecule has 0 spiro atoms. The molecule has 1 atom stereocenters. The first-order valence-electron chi connectivity index (χ1n) is 9.77. The van der Waals surface area contributed by atoms with Crippen LogP contribution in [-0.2, 0) is 12.8 Å². The largest absolute Gasteiger partial charge is 0.351 e. The van der Waals surface area contributed by atoms with E-state index in [0.717, 1.165) is 61.3 Å². The van der Waals surface area contributed by atoms with E-state index in [-0.39, 0.29) is 5.91 Å². The van der Waals surface area contributed by atoms with Crippen LogP contribution in [0.1, 0.15) is 48.8 Å². The monoisotopic (exact) mass is 366 g/mol. The lowest BCUT2D eigenvalue weighted by molar-refractivity contribution is 0.0630. The van der Waals surface area contributed by atoms with Crippen LogP contribution in [0, 0.1) is 11.8 Å². The number of rotatable bonds is 5. The van der Waals surface area contributed by atoms with Crippen LogP contribution in [0.25, 0.3) is 11.0 Å². The number of nitrogens with zero attached hydrogens (tertiary/aromatic N) is 3. The maximum Gasteiger partial charge on any atom is 0.292 e. The minimum absolute atomic E-state index is 0.0492. The number of aromatic nitrogens is 3. The maximum absolute atomic E-state index is 12.8. The number of benzene rings is 1. The summed E-state index contributed by atoms with van der Waals surface area (Å²) in [5.74, 6) is 2.19. The summed E-state index contributed by atoms with van der Waals surface area (Å²) in [7, 11) is 0.